The summed E-state index contributed by atoms with van der Waals surface area (Å²) in [4.78, 5) is 13.8. The van der Waals surface area contributed by atoms with E-state index in [0.29, 0.717) is 5.56 Å². The second kappa shape index (κ2) is 7.02. The molecule has 2 aromatic rings. The normalized spacial score (nSPS) is 16.7. The molecule has 0 saturated carbocycles. The van der Waals surface area contributed by atoms with E-state index in [9.17, 15) is 22.4 Å². The molecule has 1 amide bonds. The summed E-state index contributed by atoms with van der Waals surface area (Å²) < 4.78 is 52.2. The van der Waals surface area contributed by atoms with Gasteiger partial charge in [-0.1, -0.05) is 47.7 Å². The maximum atomic E-state index is 13.0. The fraction of sp³-hybridized carbons (Fsp3) is 0.0588. The Kier molecular flexibility index (Phi) is 5.09. The van der Waals surface area contributed by atoms with E-state index in [-0.39, 0.29) is 14.9 Å². The van der Waals surface area contributed by atoms with Crippen molar-refractivity contribution in [2.75, 3.05) is 4.90 Å². The van der Waals surface area contributed by atoms with Crippen molar-refractivity contribution in [3.63, 3.8) is 0 Å². The first-order valence-electron chi connectivity index (χ1n) is 7.07. The minimum absolute atomic E-state index is 0.0215. The fourth-order valence-corrected chi connectivity index (χ4v) is 3.79. The largest absolute Gasteiger partial charge is 0.417 e. The molecule has 1 heterocycles. The fourth-order valence-electron chi connectivity index (χ4n) is 2.27. The Labute approximate surface area is 160 Å². The molecule has 0 aromatic heterocycles. The van der Waals surface area contributed by atoms with Gasteiger partial charge in [-0.25, -0.2) is 4.39 Å². The number of thiocarbonyl (C=S) groups is 1. The van der Waals surface area contributed by atoms with Gasteiger partial charge in [0.15, 0.2) is 4.32 Å². The minimum atomic E-state index is -4.66. The molecule has 3 rings (SSSR count). The number of hydrogen-bond acceptors (Lipinski definition) is 3. The van der Waals surface area contributed by atoms with Crippen molar-refractivity contribution in [1.82, 2.24) is 0 Å². The molecule has 0 N–H and O–H groups in total. The standard InChI is InChI=1S/C17H8ClF4NOS2/c18-13-6-5-11(8-12(13)17(20,21)22)23-15(24)14(26-16(23)25)7-9-1-3-10(19)4-2-9/h1-8H/b14-7-. The molecular weight excluding hydrogens is 410 g/mol. The van der Waals surface area contributed by atoms with Crippen LogP contribution in [0.25, 0.3) is 6.08 Å². The number of benzene rings is 2. The van der Waals surface area contributed by atoms with E-state index in [1.807, 2.05) is 0 Å². The molecule has 0 bridgehead atoms. The molecule has 0 aliphatic carbocycles. The Morgan fingerprint density at radius 1 is 1.12 bits per heavy atom. The number of carbonyl (C=O) groups is 1. The maximum Gasteiger partial charge on any atom is 0.417 e. The predicted molar refractivity (Wildman–Crippen MR) is 98.5 cm³/mol. The van der Waals surface area contributed by atoms with Crippen molar-refractivity contribution in [3.05, 3.63) is 69.3 Å². The Morgan fingerprint density at radius 2 is 1.77 bits per heavy atom. The van der Waals surface area contributed by atoms with Gasteiger partial charge in [-0.2, -0.15) is 13.2 Å². The summed E-state index contributed by atoms with van der Waals surface area (Å²) in [6.07, 6.45) is -3.16. The summed E-state index contributed by atoms with van der Waals surface area (Å²) in [5.74, 6) is -0.977. The minimum Gasteiger partial charge on any atom is -0.268 e. The van der Waals surface area contributed by atoms with Crippen molar-refractivity contribution in [1.29, 1.82) is 0 Å². The highest BCUT2D eigenvalue weighted by Crippen LogP contribution is 2.40. The van der Waals surface area contributed by atoms with Crippen LogP contribution in [0, 0.1) is 5.82 Å². The van der Waals surface area contributed by atoms with E-state index in [0.717, 1.165) is 28.8 Å². The number of amides is 1. The first-order chi connectivity index (χ1) is 12.2. The highest BCUT2D eigenvalue weighted by molar-refractivity contribution is 8.27. The molecule has 2 nitrogen and oxygen atoms in total. The van der Waals surface area contributed by atoms with Crippen molar-refractivity contribution in [3.8, 4) is 0 Å². The number of hydrogen-bond donors (Lipinski definition) is 0. The summed E-state index contributed by atoms with van der Waals surface area (Å²) in [6, 6.07) is 8.58. The first kappa shape index (κ1) is 18.9. The number of halogens is 5. The Morgan fingerprint density at radius 3 is 2.38 bits per heavy atom. The SMILES string of the molecule is O=C1/C(=C/c2ccc(F)cc2)SC(=S)N1c1ccc(Cl)c(C(F)(F)F)c1. The Balaban J connectivity index is 1.96. The second-order valence-corrected chi connectivity index (χ2v) is 7.31. The lowest BCUT2D eigenvalue weighted by Crippen LogP contribution is -2.27. The van der Waals surface area contributed by atoms with Gasteiger partial charge in [-0.05, 0) is 42.0 Å². The number of carbonyl (C=O) groups excluding carboxylic acids is 1. The second-order valence-electron chi connectivity index (χ2n) is 5.23. The van der Waals surface area contributed by atoms with Gasteiger partial charge in [0.05, 0.1) is 21.2 Å². The summed E-state index contributed by atoms with van der Waals surface area (Å²) in [6.45, 7) is 0. The number of rotatable bonds is 2. The zero-order valence-electron chi connectivity index (χ0n) is 12.7. The van der Waals surface area contributed by atoms with E-state index >= 15 is 0 Å². The van der Waals surface area contributed by atoms with Crippen LogP contribution in [0.15, 0.2) is 47.4 Å². The number of anilines is 1. The van der Waals surface area contributed by atoms with Gasteiger partial charge in [0.2, 0.25) is 0 Å². The van der Waals surface area contributed by atoms with E-state index in [1.54, 1.807) is 0 Å². The molecule has 0 radical (unpaired) electrons. The molecule has 1 saturated heterocycles. The molecule has 26 heavy (non-hydrogen) atoms. The van der Waals surface area contributed by atoms with E-state index in [2.05, 4.69) is 0 Å². The van der Waals surface area contributed by atoms with Gasteiger partial charge in [-0.15, -0.1) is 0 Å². The third kappa shape index (κ3) is 3.77. The highest BCUT2D eigenvalue weighted by atomic mass is 35.5. The van der Waals surface area contributed by atoms with Crippen LogP contribution < -0.4 is 4.90 Å². The molecule has 1 aliphatic rings. The zero-order valence-corrected chi connectivity index (χ0v) is 15.1. The average molecular weight is 418 g/mol. The van der Waals surface area contributed by atoms with Crippen LogP contribution in [0.1, 0.15) is 11.1 Å². The van der Waals surface area contributed by atoms with Gasteiger partial charge in [0.1, 0.15) is 5.82 Å². The summed E-state index contributed by atoms with van der Waals surface area (Å²) >= 11 is 11.7. The van der Waals surface area contributed by atoms with Gasteiger partial charge < -0.3 is 0 Å². The van der Waals surface area contributed by atoms with Crippen LogP contribution in [0.5, 0.6) is 0 Å². The van der Waals surface area contributed by atoms with Crippen LogP contribution in [0.2, 0.25) is 5.02 Å². The van der Waals surface area contributed by atoms with Crippen LogP contribution >= 0.6 is 35.6 Å². The van der Waals surface area contributed by atoms with Gasteiger partial charge in [0, 0.05) is 0 Å². The van der Waals surface area contributed by atoms with Crippen molar-refractivity contribution in [2.45, 2.75) is 6.18 Å². The summed E-state index contributed by atoms with van der Waals surface area (Å²) in [5, 5.41) is -0.464. The third-order valence-corrected chi connectivity index (χ3v) is 5.11. The smallest absolute Gasteiger partial charge is 0.268 e. The number of alkyl halides is 3. The molecule has 9 heteroatoms. The van der Waals surface area contributed by atoms with Crippen molar-refractivity contribution < 1.29 is 22.4 Å². The van der Waals surface area contributed by atoms with Gasteiger partial charge >= 0.3 is 6.18 Å². The number of nitrogens with zero attached hydrogens (tertiary/aromatic N) is 1. The average Bonchev–Trinajstić information content (AvgIpc) is 2.83. The molecular formula is C17H8ClF4NOS2. The van der Waals surface area contributed by atoms with Crippen LogP contribution in [0.4, 0.5) is 23.2 Å². The van der Waals surface area contributed by atoms with Crippen molar-refractivity contribution in [2.24, 2.45) is 0 Å². The first-order valence-corrected chi connectivity index (χ1v) is 8.67. The molecule has 0 spiro atoms. The van der Waals surface area contributed by atoms with Crippen molar-refractivity contribution >= 4 is 57.6 Å². The zero-order chi connectivity index (χ0) is 19.1. The number of thioether (sulfide) groups is 1. The van der Waals surface area contributed by atoms with Crippen LogP contribution in [-0.2, 0) is 11.0 Å². The molecule has 2 aromatic carbocycles. The van der Waals surface area contributed by atoms with Crippen LogP contribution in [0.3, 0.4) is 0 Å². The lowest BCUT2D eigenvalue weighted by atomic mass is 10.1. The van der Waals surface area contributed by atoms with Gasteiger partial charge in [-0.3, -0.25) is 9.69 Å². The highest BCUT2D eigenvalue weighted by Gasteiger charge is 2.37. The molecule has 0 unspecified atom stereocenters. The topological polar surface area (TPSA) is 20.3 Å². The van der Waals surface area contributed by atoms with E-state index < -0.39 is 28.5 Å². The summed E-state index contributed by atoms with van der Waals surface area (Å²) in [7, 11) is 0. The van der Waals surface area contributed by atoms with Gasteiger partial charge in [0.25, 0.3) is 5.91 Å². The molecule has 134 valence electrons. The summed E-state index contributed by atoms with van der Waals surface area (Å²) in [5.41, 5.74) is -0.501. The lowest BCUT2D eigenvalue weighted by molar-refractivity contribution is -0.137. The maximum absolute atomic E-state index is 13.0. The van der Waals surface area contributed by atoms with Crippen LogP contribution in [-0.4, -0.2) is 10.2 Å². The lowest BCUT2D eigenvalue weighted by Gasteiger charge is -2.17. The monoisotopic (exact) mass is 417 g/mol. The third-order valence-electron chi connectivity index (χ3n) is 3.48. The molecule has 1 fully saturated rings. The van der Waals surface area contributed by atoms with E-state index in [1.165, 1.54) is 36.4 Å². The Hall–Kier alpha value is -1.90. The molecule has 1 aliphatic heterocycles. The predicted octanol–water partition coefficient (Wildman–Crippen LogP) is 5.90. The Bertz CT molecular complexity index is 925. The quantitative estimate of drug-likeness (QED) is 0.344. The molecule has 0 atom stereocenters. The van der Waals surface area contributed by atoms with E-state index in [4.69, 9.17) is 23.8 Å².